The smallest absolute Gasteiger partial charge is 0.394 e. The largest absolute Gasteiger partial charge is 0.519 e. The molecule has 21 heavy (non-hydrogen) atoms. The van der Waals surface area contributed by atoms with E-state index in [1.807, 2.05) is 43.3 Å². The van der Waals surface area contributed by atoms with Crippen molar-refractivity contribution in [3.63, 3.8) is 0 Å². The lowest BCUT2D eigenvalue weighted by molar-refractivity contribution is 0.151. The van der Waals surface area contributed by atoms with Crippen molar-refractivity contribution in [2.24, 2.45) is 0 Å². The molecule has 0 radical (unpaired) electrons. The van der Waals surface area contributed by atoms with Crippen LogP contribution in [0.25, 0.3) is 0 Å². The lowest BCUT2D eigenvalue weighted by Gasteiger charge is -2.10. The molecular weight excluding hydrogens is 264 g/mol. The fraction of sp³-hybridized carbons (Fsp3) is 0.278. The summed E-state index contributed by atoms with van der Waals surface area (Å²) in [6.07, 6.45) is 2.35. The maximum atomic E-state index is 11.9. The molecule has 3 heteroatoms. The molecule has 0 bridgehead atoms. The Bertz CT molecular complexity index is 605. The van der Waals surface area contributed by atoms with E-state index in [1.165, 1.54) is 0 Å². The van der Waals surface area contributed by atoms with Gasteiger partial charge in [0.2, 0.25) is 0 Å². The minimum atomic E-state index is -0.701. The summed E-state index contributed by atoms with van der Waals surface area (Å²) in [4.78, 5) is 11.9. The van der Waals surface area contributed by atoms with Crippen LogP contribution in [0, 0.1) is 6.92 Å². The Labute approximate surface area is 125 Å². The van der Waals surface area contributed by atoms with E-state index < -0.39 is 6.16 Å². The third-order valence-corrected chi connectivity index (χ3v) is 3.25. The van der Waals surface area contributed by atoms with E-state index in [1.54, 1.807) is 12.1 Å². The summed E-state index contributed by atoms with van der Waals surface area (Å²) in [6, 6.07) is 14.9. The maximum absolute atomic E-state index is 11.9. The first kappa shape index (κ1) is 15.1. The van der Waals surface area contributed by atoms with Crippen LogP contribution in [-0.4, -0.2) is 6.16 Å². The van der Waals surface area contributed by atoms with E-state index in [2.05, 4.69) is 6.92 Å². The Balaban J connectivity index is 2.04. The molecule has 0 unspecified atom stereocenters. The van der Waals surface area contributed by atoms with E-state index in [0.717, 1.165) is 30.4 Å². The molecule has 0 aliphatic carbocycles. The Morgan fingerprint density at radius 2 is 1.57 bits per heavy atom. The molecular formula is C18H20O3. The second-order valence-electron chi connectivity index (χ2n) is 4.93. The SMILES string of the molecule is CCCCc1ccccc1OC(=O)Oc1ccccc1C. The van der Waals surface area contributed by atoms with Crippen LogP contribution in [0.15, 0.2) is 48.5 Å². The summed E-state index contributed by atoms with van der Waals surface area (Å²) in [5, 5.41) is 0. The summed E-state index contributed by atoms with van der Waals surface area (Å²) >= 11 is 0. The molecule has 2 rings (SSSR count). The summed E-state index contributed by atoms with van der Waals surface area (Å²) in [5.41, 5.74) is 1.93. The third-order valence-electron chi connectivity index (χ3n) is 3.25. The topological polar surface area (TPSA) is 35.5 Å². The Kier molecular flexibility index (Phi) is 5.38. The highest BCUT2D eigenvalue weighted by molar-refractivity contribution is 5.68. The van der Waals surface area contributed by atoms with Crippen molar-refractivity contribution in [2.75, 3.05) is 0 Å². The van der Waals surface area contributed by atoms with Gasteiger partial charge in [0.1, 0.15) is 11.5 Å². The Morgan fingerprint density at radius 1 is 0.952 bits per heavy atom. The first-order valence-electron chi connectivity index (χ1n) is 7.24. The lowest BCUT2D eigenvalue weighted by atomic mass is 10.1. The molecule has 3 nitrogen and oxygen atoms in total. The molecule has 0 atom stereocenters. The van der Waals surface area contributed by atoms with Crippen LogP contribution < -0.4 is 9.47 Å². The highest BCUT2D eigenvalue weighted by atomic mass is 16.7. The first-order valence-corrected chi connectivity index (χ1v) is 7.24. The quantitative estimate of drug-likeness (QED) is 0.577. The second-order valence-corrected chi connectivity index (χ2v) is 4.93. The van der Waals surface area contributed by atoms with Crippen LogP contribution in [0.5, 0.6) is 11.5 Å². The van der Waals surface area contributed by atoms with Gasteiger partial charge in [0, 0.05) is 0 Å². The molecule has 110 valence electrons. The van der Waals surface area contributed by atoms with Crippen LogP contribution in [0.2, 0.25) is 0 Å². The number of hydrogen-bond acceptors (Lipinski definition) is 3. The van der Waals surface area contributed by atoms with Crippen molar-refractivity contribution in [1.82, 2.24) is 0 Å². The van der Waals surface area contributed by atoms with E-state index in [-0.39, 0.29) is 0 Å². The molecule has 0 heterocycles. The average molecular weight is 284 g/mol. The van der Waals surface area contributed by atoms with Crippen LogP contribution in [0.1, 0.15) is 30.9 Å². The zero-order valence-electron chi connectivity index (χ0n) is 12.5. The van der Waals surface area contributed by atoms with Crippen molar-refractivity contribution >= 4 is 6.16 Å². The van der Waals surface area contributed by atoms with E-state index in [0.29, 0.717) is 11.5 Å². The van der Waals surface area contributed by atoms with Crippen molar-refractivity contribution in [3.05, 3.63) is 59.7 Å². The number of aryl methyl sites for hydroxylation is 2. The van der Waals surface area contributed by atoms with Gasteiger partial charge < -0.3 is 9.47 Å². The van der Waals surface area contributed by atoms with E-state index in [4.69, 9.17) is 9.47 Å². The average Bonchev–Trinajstić information content (AvgIpc) is 2.49. The maximum Gasteiger partial charge on any atom is 0.519 e. The first-order chi connectivity index (χ1) is 10.2. The van der Waals surface area contributed by atoms with Gasteiger partial charge in [0.25, 0.3) is 0 Å². The zero-order valence-corrected chi connectivity index (χ0v) is 12.5. The molecule has 2 aromatic rings. The summed E-state index contributed by atoms with van der Waals surface area (Å²) in [6.45, 7) is 4.02. The lowest BCUT2D eigenvalue weighted by Crippen LogP contribution is -2.15. The Hall–Kier alpha value is -2.29. The molecule has 0 saturated carbocycles. The number of para-hydroxylation sites is 2. The number of rotatable bonds is 5. The molecule has 0 spiro atoms. The number of unbranched alkanes of at least 4 members (excludes halogenated alkanes) is 1. The van der Waals surface area contributed by atoms with Gasteiger partial charge in [-0.1, -0.05) is 49.7 Å². The standard InChI is InChI=1S/C18H20O3/c1-3-4-10-15-11-6-8-13-17(15)21-18(19)20-16-12-7-5-9-14(16)2/h5-9,11-13H,3-4,10H2,1-2H3. The molecule has 0 aliphatic rings. The minimum Gasteiger partial charge on any atom is -0.394 e. The molecule has 0 amide bonds. The van der Waals surface area contributed by atoms with Crippen LogP contribution in [0.3, 0.4) is 0 Å². The summed E-state index contributed by atoms with van der Waals surface area (Å²) in [5.74, 6) is 1.10. The summed E-state index contributed by atoms with van der Waals surface area (Å²) < 4.78 is 10.6. The van der Waals surface area contributed by atoms with Gasteiger partial charge in [-0.3, -0.25) is 0 Å². The van der Waals surface area contributed by atoms with Gasteiger partial charge in [-0.15, -0.1) is 0 Å². The van der Waals surface area contributed by atoms with Crippen molar-refractivity contribution < 1.29 is 14.3 Å². The molecule has 2 aromatic carbocycles. The number of carbonyl (C=O) groups is 1. The Morgan fingerprint density at radius 3 is 2.29 bits per heavy atom. The predicted molar refractivity (Wildman–Crippen MR) is 82.9 cm³/mol. The zero-order chi connectivity index (χ0) is 15.1. The fourth-order valence-corrected chi connectivity index (χ4v) is 2.05. The summed E-state index contributed by atoms with van der Waals surface area (Å²) in [7, 11) is 0. The van der Waals surface area contributed by atoms with Gasteiger partial charge in [-0.05, 0) is 43.0 Å². The van der Waals surface area contributed by atoms with Crippen molar-refractivity contribution in [1.29, 1.82) is 0 Å². The second kappa shape index (κ2) is 7.48. The van der Waals surface area contributed by atoms with Crippen LogP contribution in [-0.2, 0) is 6.42 Å². The molecule has 0 aliphatic heterocycles. The fourth-order valence-electron chi connectivity index (χ4n) is 2.05. The molecule has 0 saturated heterocycles. The van der Waals surface area contributed by atoms with Gasteiger partial charge in [-0.25, -0.2) is 4.79 Å². The van der Waals surface area contributed by atoms with E-state index >= 15 is 0 Å². The highest BCUT2D eigenvalue weighted by Gasteiger charge is 2.12. The molecule has 0 aromatic heterocycles. The van der Waals surface area contributed by atoms with Gasteiger partial charge >= 0.3 is 6.16 Å². The van der Waals surface area contributed by atoms with Crippen LogP contribution >= 0.6 is 0 Å². The number of carbonyl (C=O) groups excluding carboxylic acids is 1. The number of benzene rings is 2. The molecule has 0 N–H and O–H groups in total. The van der Waals surface area contributed by atoms with Crippen molar-refractivity contribution in [3.8, 4) is 11.5 Å². The van der Waals surface area contributed by atoms with Gasteiger partial charge in [0.15, 0.2) is 0 Å². The molecule has 0 fully saturated rings. The van der Waals surface area contributed by atoms with Crippen LogP contribution in [0.4, 0.5) is 4.79 Å². The third kappa shape index (κ3) is 4.35. The van der Waals surface area contributed by atoms with Crippen molar-refractivity contribution in [2.45, 2.75) is 33.1 Å². The minimum absolute atomic E-state index is 0.522. The highest BCUT2D eigenvalue weighted by Crippen LogP contribution is 2.22. The van der Waals surface area contributed by atoms with Gasteiger partial charge in [-0.2, -0.15) is 0 Å². The number of ether oxygens (including phenoxy) is 2. The predicted octanol–water partition coefficient (Wildman–Crippen LogP) is 4.92. The van der Waals surface area contributed by atoms with E-state index in [9.17, 15) is 4.79 Å². The normalized spacial score (nSPS) is 10.2. The monoisotopic (exact) mass is 284 g/mol. The van der Waals surface area contributed by atoms with Gasteiger partial charge in [0.05, 0.1) is 0 Å². The number of hydrogen-bond donors (Lipinski definition) is 0.